The van der Waals surface area contributed by atoms with Crippen LogP contribution in [0.5, 0.6) is 0 Å². The molecule has 5 aromatic rings. The Labute approximate surface area is 294 Å². The zero-order chi connectivity index (χ0) is 34.2. The van der Waals surface area contributed by atoms with Gasteiger partial charge in [-0.05, 0) is 50.5 Å². The third-order valence-corrected chi connectivity index (χ3v) is 11.1. The van der Waals surface area contributed by atoms with Crippen molar-refractivity contribution < 1.29 is 4.79 Å². The zero-order valence-corrected chi connectivity index (χ0v) is 30.5. The maximum atomic E-state index is 13.4. The van der Waals surface area contributed by atoms with E-state index in [0.717, 1.165) is 37.1 Å². The topological polar surface area (TPSA) is 51.0 Å². The van der Waals surface area contributed by atoms with Crippen molar-refractivity contribution in [3.63, 3.8) is 0 Å². The summed E-state index contributed by atoms with van der Waals surface area (Å²) >= 11 is 0. The standard InChI is InChI=1S/C44H58N4O/c1-5-7-9-10-11-12-13-14-15-16-17-24-32-48-34(4)42(37-27-20-23-30-40(37)48)44(38-28-21-18-25-35(38)43(49)45-46-44)41-33(3)47(31-8-6-2)39-29-22-19-26-36(39)41/h18-23,25-30,46H,5-17,24,31-32H2,1-4H3,(H,45,49). The van der Waals surface area contributed by atoms with Crippen LogP contribution in [0.2, 0.25) is 0 Å². The summed E-state index contributed by atoms with van der Waals surface area (Å²) in [6, 6.07) is 25.9. The van der Waals surface area contributed by atoms with Gasteiger partial charge in [0.25, 0.3) is 5.91 Å². The predicted octanol–water partition coefficient (Wildman–Crippen LogP) is 11.3. The van der Waals surface area contributed by atoms with Crippen molar-refractivity contribution in [3.8, 4) is 0 Å². The first-order valence-corrected chi connectivity index (χ1v) is 19.4. The molecule has 0 radical (unpaired) electrons. The van der Waals surface area contributed by atoms with Gasteiger partial charge in [0.15, 0.2) is 0 Å². The number of aryl methyl sites for hydroxylation is 2. The Morgan fingerprint density at radius 2 is 1.00 bits per heavy atom. The van der Waals surface area contributed by atoms with E-state index in [1.807, 2.05) is 12.1 Å². The van der Waals surface area contributed by atoms with Crippen molar-refractivity contribution in [1.29, 1.82) is 0 Å². The third-order valence-electron chi connectivity index (χ3n) is 11.1. The van der Waals surface area contributed by atoms with Crippen LogP contribution in [0.3, 0.4) is 0 Å². The fourth-order valence-electron chi connectivity index (χ4n) is 8.62. The van der Waals surface area contributed by atoms with Crippen LogP contribution in [0.15, 0.2) is 72.8 Å². The van der Waals surface area contributed by atoms with Gasteiger partial charge in [-0.2, -0.15) is 0 Å². The number of carbonyl (C=O) groups is 1. The number of unbranched alkanes of at least 4 members (excludes halogenated alkanes) is 12. The summed E-state index contributed by atoms with van der Waals surface area (Å²) in [6.07, 6.45) is 18.4. The van der Waals surface area contributed by atoms with Gasteiger partial charge < -0.3 is 9.13 Å². The van der Waals surface area contributed by atoms with Gasteiger partial charge in [0.05, 0.1) is 0 Å². The number of rotatable bonds is 18. The largest absolute Gasteiger partial charge is 0.345 e. The van der Waals surface area contributed by atoms with Crippen molar-refractivity contribution in [2.75, 3.05) is 0 Å². The van der Waals surface area contributed by atoms with E-state index >= 15 is 0 Å². The van der Waals surface area contributed by atoms with E-state index in [2.05, 4.69) is 108 Å². The van der Waals surface area contributed by atoms with Gasteiger partial charge in [0.1, 0.15) is 5.54 Å². The molecule has 0 spiro atoms. The molecule has 5 heteroatoms. The lowest BCUT2D eigenvalue weighted by Gasteiger charge is -2.41. The monoisotopic (exact) mass is 658 g/mol. The molecule has 49 heavy (non-hydrogen) atoms. The Hall–Kier alpha value is -3.83. The van der Waals surface area contributed by atoms with Crippen molar-refractivity contribution in [2.45, 2.75) is 136 Å². The van der Waals surface area contributed by atoms with Crippen LogP contribution in [-0.2, 0) is 18.6 Å². The number of nitrogens with zero attached hydrogens (tertiary/aromatic N) is 2. The summed E-state index contributed by atoms with van der Waals surface area (Å²) in [5, 5.41) is 2.47. The minimum Gasteiger partial charge on any atom is -0.345 e. The van der Waals surface area contributed by atoms with Gasteiger partial charge in [0, 0.05) is 63.0 Å². The number of nitrogens with one attached hydrogen (secondary N) is 2. The maximum Gasteiger partial charge on any atom is 0.265 e. The quantitative estimate of drug-likeness (QED) is 0.0921. The van der Waals surface area contributed by atoms with E-state index in [0.29, 0.717) is 0 Å². The van der Waals surface area contributed by atoms with Gasteiger partial charge in [-0.3, -0.25) is 10.2 Å². The highest BCUT2D eigenvalue weighted by atomic mass is 16.2. The summed E-state index contributed by atoms with van der Waals surface area (Å²) < 4.78 is 5.05. The van der Waals surface area contributed by atoms with Crippen LogP contribution < -0.4 is 10.9 Å². The number of carbonyl (C=O) groups excluding carboxylic acids is 1. The van der Waals surface area contributed by atoms with Crippen LogP contribution in [0.4, 0.5) is 0 Å². The Morgan fingerprint density at radius 1 is 0.551 bits per heavy atom. The first-order chi connectivity index (χ1) is 24.0. The smallest absolute Gasteiger partial charge is 0.265 e. The minimum absolute atomic E-state index is 0.0866. The summed E-state index contributed by atoms with van der Waals surface area (Å²) in [6.45, 7) is 11.1. The number of benzene rings is 3. The molecule has 1 aliphatic heterocycles. The lowest BCUT2D eigenvalue weighted by molar-refractivity contribution is 0.0897. The average molecular weight is 659 g/mol. The van der Waals surface area contributed by atoms with Gasteiger partial charge in [-0.25, -0.2) is 5.43 Å². The fourth-order valence-corrected chi connectivity index (χ4v) is 8.62. The van der Waals surface area contributed by atoms with Crippen LogP contribution in [0.25, 0.3) is 21.8 Å². The minimum atomic E-state index is -0.781. The highest BCUT2D eigenvalue weighted by Gasteiger charge is 2.48. The number of hydrazine groups is 1. The van der Waals surface area contributed by atoms with Crippen molar-refractivity contribution in [1.82, 2.24) is 20.0 Å². The molecule has 1 amide bonds. The highest BCUT2D eigenvalue weighted by molar-refractivity contribution is 6.00. The van der Waals surface area contributed by atoms with E-state index in [1.165, 1.54) is 121 Å². The molecule has 2 N–H and O–H groups in total. The first kappa shape index (κ1) is 35.0. The summed E-state index contributed by atoms with van der Waals surface area (Å²) in [5.74, 6) is -0.0866. The molecule has 3 aromatic carbocycles. The molecule has 0 saturated heterocycles. The molecule has 0 fully saturated rings. The Kier molecular flexibility index (Phi) is 11.6. The number of para-hydroxylation sites is 2. The predicted molar refractivity (Wildman–Crippen MR) is 206 cm³/mol. The number of hydrogen-bond donors (Lipinski definition) is 2. The molecule has 5 nitrogen and oxygen atoms in total. The summed E-state index contributed by atoms with van der Waals surface area (Å²) in [7, 11) is 0. The second-order valence-electron chi connectivity index (χ2n) is 14.4. The number of amides is 1. The van der Waals surface area contributed by atoms with Crippen LogP contribution in [-0.4, -0.2) is 15.0 Å². The second kappa shape index (κ2) is 16.3. The second-order valence-corrected chi connectivity index (χ2v) is 14.4. The molecule has 0 bridgehead atoms. The molecule has 2 aromatic heterocycles. The van der Waals surface area contributed by atoms with Gasteiger partial charge in [-0.1, -0.05) is 145 Å². The maximum absolute atomic E-state index is 13.4. The van der Waals surface area contributed by atoms with E-state index in [9.17, 15) is 4.79 Å². The van der Waals surface area contributed by atoms with Crippen molar-refractivity contribution in [2.24, 2.45) is 0 Å². The number of aromatic nitrogens is 2. The Balaban J connectivity index is 1.36. The van der Waals surface area contributed by atoms with Crippen molar-refractivity contribution in [3.05, 3.63) is 106 Å². The van der Waals surface area contributed by atoms with Gasteiger partial charge in [0.2, 0.25) is 0 Å². The molecule has 6 rings (SSSR count). The molecular weight excluding hydrogens is 601 g/mol. The molecule has 1 atom stereocenters. The zero-order valence-electron chi connectivity index (χ0n) is 30.5. The number of fused-ring (bicyclic) bond motifs is 3. The summed E-state index contributed by atoms with van der Waals surface area (Å²) in [5.41, 5.74) is 15.3. The average Bonchev–Trinajstić information content (AvgIpc) is 3.58. The lowest BCUT2D eigenvalue weighted by Crippen LogP contribution is -2.58. The molecule has 0 aliphatic carbocycles. The van der Waals surface area contributed by atoms with Gasteiger partial charge in [-0.15, -0.1) is 0 Å². The first-order valence-electron chi connectivity index (χ1n) is 19.4. The van der Waals surface area contributed by atoms with Crippen molar-refractivity contribution >= 4 is 27.7 Å². The molecular formula is C44H58N4O. The Morgan fingerprint density at radius 3 is 1.55 bits per heavy atom. The molecule has 260 valence electrons. The van der Waals surface area contributed by atoms with Crippen LogP contribution in [0, 0.1) is 13.8 Å². The van der Waals surface area contributed by atoms with E-state index < -0.39 is 5.54 Å². The third kappa shape index (κ3) is 6.84. The van der Waals surface area contributed by atoms with E-state index in [4.69, 9.17) is 0 Å². The molecule has 0 saturated carbocycles. The van der Waals surface area contributed by atoms with E-state index in [-0.39, 0.29) is 5.91 Å². The summed E-state index contributed by atoms with van der Waals surface area (Å²) in [4.78, 5) is 13.4. The molecule has 1 unspecified atom stereocenters. The molecule has 1 aliphatic rings. The normalized spacial score (nSPS) is 16.0. The molecule has 3 heterocycles. The fraction of sp³-hybridized carbons (Fsp3) is 0.477. The van der Waals surface area contributed by atoms with Gasteiger partial charge >= 0.3 is 0 Å². The SMILES string of the molecule is CCCCCCCCCCCCCCn1c(C)c(C2(c3c(C)n(CCCC)c4ccccc34)NNC(=O)c3ccccc32)c2ccccc21. The lowest BCUT2D eigenvalue weighted by atomic mass is 9.72. The highest BCUT2D eigenvalue weighted by Crippen LogP contribution is 2.49. The number of hydrogen-bond acceptors (Lipinski definition) is 2. The van der Waals surface area contributed by atoms with Crippen LogP contribution in [0.1, 0.15) is 142 Å². The Bertz CT molecular complexity index is 1860. The van der Waals surface area contributed by atoms with Crippen LogP contribution >= 0.6 is 0 Å². The van der Waals surface area contributed by atoms with E-state index in [1.54, 1.807) is 0 Å².